The number of carbonyl (C=O) groups excluding carboxylic acids is 1. The zero-order chi connectivity index (χ0) is 14.3. The fraction of sp³-hybridized carbons (Fsp3) is 0.500. The average molecular weight is 287 g/mol. The van der Waals surface area contributed by atoms with Crippen LogP contribution in [0.1, 0.15) is 25.8 Å². The molecule has 19 heavy (non-hydrogen) atoms. The Balaban J connectivity index is 2.35. The van der Waals surface area contributed by atoms with Gasteiger partial charge in [-0.3, -0.25) is 4.79 Å². The van der Waals surface area contributed by atoms with Crippen molar-refractivity contribution in [3.63, 3.8) is 0 Å². The van der Waals surface area contributed by atoms with Gasteiger partial charge < -0.3 is 10.2 Å². The number of hydrogen-bond donors (Lipinski definition) is 1. The van der Waals surface area contributed by atoms with Crippen molar-refractivity contribution in [1.29, 1.82) is 0 Å². The molecular formula is C14H20ClFN2O. The molecule has 0 unspecified atom stereocenters. The third-order valence-corrected chi connectivity index (χ3v) is 3.40. The van der Waals surface area contributed by atoms with Gasteiger partial charge in [0.1, 0.15) is 5.82 Å². The van der Waals surface area contributed by atoms with Crippen LogP contribution in [0.5, 0.6) is 0 Å². The molecule has 106 valence electrons. The van der Waals surface area contributed by atoms with Gasteiger partial charge in [0.2, 0.25) is 5.91 Å². The number of rotatable bonds is 7. The Labute approximate surface area is 118 Å². The van der Waals surface area contributed by atoms with Gasteiger partial charge in [-0.25, -0.2) is 4.39 Å². The first kappa shape index (κ1) is 15.9. The standard InChI is InChI=1S/C14H20ClFN2O/c1-3-18(4-2)13(19)8-9-17-10-11-6-5-7-12(16)14(11)15/h5-7,17H,3-4,8-10H2,1-2H3. The third kappa shape index (κ3) is 4.80. The van der Waals surface area contributed by atoms with Crippen LogP contribution in [-0.2, 0) is 11.3 Å². The van der Waals surface area contributed by atoms with Crippen LogP contribution < -0.4 is 5.32 Å². The molecule has 0 aromatic heterocycles. The maximum atomic E-state index is 13.2. The van der Waals surface area contributed by atoms with Crippen LogP contribution in [-0.4, -0.2) is 30.4 Å². The van der Waals surface area contributed by atoms with Crippen molar-refractivity contribution >= 4 is 17.5 Å². The van der Waals surface area contributed by atoms with Gasteiger partial charge in [-0.15, -0.1) is 0 Å². The molecule has 1 N–H and O–H groups in total. The lowest BCUT2D eigenvalue weighted by atomic mass is 10.2. The van der Waals surface area contributed by atoms with Gasteiger partial charge in [0.15, 0.2) is 0 Å². The molecular weight excluding hydrogens is 267 g/mol. The molecule has 1 amide bonds. The molecule has 1 aromatic carbocycles. The summed E-state index contributed by atoms with van der Waals surface area (Å²) in [7, 11) is 0. The summed E-state index contributed by atoms with van der Waals surface area (Å²) in [6.45, 7) is 6.39. The van der Waals surface area contributed by atoms with E-state index in [1.165, 1.54) is 6.07 Å². The quantitative estimate of drug-likeness (QED) is 0.782. The largest absolute Gasteiger partial charge is 0.343 e. The lowest BCUT2D eigenvalue weighted by Crippen LogP contribution is -2.32. The van der Waals surface area contributed by atoms with Crippen molar-refractivity contribution in [2.24, 2.45) is 0 Å². The summed E-state index contributed by atoms with van der Waals surface area (Å²) in [6, 6.07) is 4.72. The molecule has 0 saturated heterocycles. The lowest BCUT2D eigenvalue weighted by Gasteiger charge is -2.18. The van der Waals surface area contributed by atoms with Gasteiger partial charge >= 0.3 is 0 Å². The number of benzene rings is 1. The van der Waals surface area contributed by atoms with Gasteiger partial charge in [0, 0.05) is 32.6 Å². The van der Waals surface area contributed by atoms with Crippen molar-refractivity contribution < 1.29 is 9.18 Å². The second kappa shape index (κ2) is 8.12. The first-order chi connectivity index (χ1) is 9.10. The molecule has 0 atom stereocenters. The number of amides is 1. The minimum Gasteiger partial charge on any atom is -0.343 e. The highest BCUT2D eigenvalue weighted by atomic mass is 35.5. The summed E-state index contributed by atoms with van der Waals surface area (Å²) >= 11 is 5.84. The molecule has 0 radical (unpaired) electrons. The highest BCUT2D eigenvalue weighted by molar-refractivity contribution is 6.31. The monoisotopic (exact) mass is 286 g/mol. The predicted molar refractivity (Wildman–Crippen MR) is 75.7 cm³/mol. The fourth-order valence-corrected chi connectivity index (χ4v) is 2.03. The SMILES string of the molecule is CCN(CC)C(=O)CCNCc1cccc(F)c1Cl. The van der Waals surface area contributed by atoms with E-state index < -0.39 is 5.82 Å². The molecule has 0 aliphatic heterocycles. The van der Waals surface area contributed by atoms with Gasteiger partial charge in [0.25, 0.3) is 0 Å². The van der Waals surface area contributed by atoms with E-state index in [2.05, 4.69) is 5.32 Å². The van der Waals surface area contributed by atoms with Crippen molar-refractivity contribution in [1.82, 2.24) is 10.2 Å². The Morgan fingerprint density at radius 1 is 1.37 bits per heavy atom. The maximum absolute atomic E-state index is 13.2. The van der Waals surface area contributed by atoms with Crippen LogP contribution in [0.4, 0.5) is 4.39 Å². The summed E-state index contributed by atoms with van der Waals surface area (Å²) in [5.74, 6) is -0.289. The summed E-state index contributed by atoms with van der Waals surface area (Å²) < 4.78 is 13.2. The van der Waals surface area contributed by atoms with Gasteiger partial charge in [-0.05, 0) is 25.5 Å². The highest BCUT2D eigenvalue weighted by Gasteiger charge is 2.09. The zero-order valence-corrected chi connectivity index (χ0v) is 12.1. The van der Waals surface area contributed by atoms with Crippen LogP contribution in [0, 0.1) is 5.82 Å². The number of halogens is 2. The van der Waals surface area contributed by atoms with Gasteiger partial charge in [-0.1, -0.05) is 23.7 Å². The average Bonchev–Trinajstić information content (AvgIpc) is 2.40. The second-order valence-electron chi connectivity index (χ2n) is 4.21. The Hall–Kier alpha value is -1.13. The molecule has 0 aliphatic carbocycles. The fourth-order valence-electron chi connectivity index (χ4n) is 1.84. The van der Waals surface area contributed by atoms with Crippen molar-refractivity contribution in [3.8, 4) is 0 Å². The summed E-state index contributed by atoms with van der Waals surface area (Å²) in [4.78, 5) is 13.5. The van der Waals surface area contributed by atoms with Crippen LogP contribution in [0.25, 0.3) is 0 Å². The molecule has 1 aromatic rings. The maximum Gasteiger partial charge on any atom is 0.223 e. The molecule has 0 aliphatic rings. The van der Waals surface area contributed by atoms with Gasteiger partial charge in [-0.2, -0.15) is 0 Å². The van der Waals surface area contributed by atoms with E-state index in [0.29, 0.717) is 25.1 Å². The molecule has 1 rings (SSSR count). The number of carbonyl (C=O) groups is 1. The molecule has 0 bridgehead atoms. The molecule has 0 fully saturated rings. The van der Waals surface area contributed by atoms with E-state index in [1.54, 1.807) is 17.0 Å². The predicted octanol–water partition coefficient (Wildman–Crippen LogP) is 2.83. The first-order valence-electron chi connectivity index (χ1n) is 6.51. The van der Waals surface area contributed by atoms with Crippen molar-refractivity contribution in [2.45, 2.75) is 26.8 Å². The van der Waals surface area contributed by atoms with E-state index in [9.17, 15) is 9.18 Å². The molecule has 0 saturated carbocycles. The van der Waals surface area contributed by atoms with Crippen LogP contribution in [0.3, 0.4) is 0 Å². The summed E-state index contributed by atoms with van der Waals surface area (Å²) in [5.41, 5.74) is 0.706. The van der Waals surface area contributed by atoms with E-state index >= 15 is 0 Å². The lowest BCUT2D eigenvalue weighted by molar-refractivity contribution is -0.130. The van der Waals surface area contributed by atoms with E-state index in [0.717, 1.165) is 13.1 Å². The van der Waals surface area contributed by atoms with E-state index in [4.69, 9.17) is 11.6 Å². The Morgan fingerprint density at radius 3 is 2.68 bits per heavy atom. The normalized spacial score (nSPS) is 10.5. The number of nitrogens with one attached hydrogen (secondary N) is 1. The second-order valence-corrected chi connectivity index (χ2v) is 4.58. The van der Waals surface area contributed by atoms with Crippen molar-refractivity contribution in [3.05, 3.63) is 34.6 Å². The minimum atomic E-state index is -0.416. The molecule has 0 heterocycles. The van der Waals surface area contributed by atoms with Gasteiger partial charge in [0.05, 0.1) is 5.02 Å². The van der Waals surface area contributed by atoms with Crippen molar-refractivity contribution in [2.75, 3.05) is 19.6 Å². The first-order valence-corrected chi connectivity index (χ1v) is 6.89. The molecule has 5 heteroatoms. The van der Waals surface area contributed by atoms with E-state index in [-0.39, 0.29) is 10.9 Å². The minimum absolute atomic E-state index is 0.128. The highest BCUT2D eigenvalue weighted by Crippen LogP contribution is 2.19. The number of nitrogens with zero attached hydrogens (tertiary/aromatic N) is 1. The topological polar surface area (TPSA) is 32.3 Å². The van der Waals surface area contributed by atoms with Crippen LogP contribution in [0.2, 0.25) is 5.02 Å². The Morgan fingerprint density at radius 2 is 2.05 bits per heavy atom. The van der Waals surface area contributed by atoms with Crippen LogP contribution in [0.15, 0.2) is 18.2 Å². The smallest absolute Gasteiger partial charge is 0.223 e. The summed E-state index contributed by atoms with van der Waals surface area (Å²) in [5, 5.41) is 3.25. The molecule has 0 spiro atoms. The Bertz CT molecular complexity index is 422. The number of hydrogen-bond acceptors (Lipinski definition) is 2. The van der Waals surface area contributed by atoms with Crippen LogP contribution >= 0.6 is 11.6 Å². The molecule has 3 nitrogen and oxygen atoms in total. The third-order valence-electron chi connectivity index (χ3n) is 2.98. The zero-order valence-electron chi connectivity index (χ0n) is 11.4. The summed E-state index contributed by atoms with van der Waals surface area (Å²) in [6.07, 6.45) is 0.439. The Kier molecular flexibility index (Phi) is 6.81. The van der Waals surface area contributed by atoms with E-state index in [1.807, 2.05) is 13.8 Å².